The molecule has 1 nitrogen and oxygen atoms in total. The predicted octanol–water partition coefficient (Wildman–Crippen LogP) is 17.4. The molecule has 0 bridgehead atoms. The molecule has 1 aliphatic rings. The molecule has 1 heteroatoms. The molecule has 0 amide bonds. The molecule has 1 heterocycles. The fourth-order valence-electron chi connectivity index (χ4n) is 9.52. The molecule has 0 fully saturated rings. The lowest BCUT2D eigenvalue weighted by Crippen LogP contribution is -1.99. The van der Waals surface area contributed by atoms with Crippen molar-refractivity contribution >= 4 is 21.5 Å². The van der Waals surface area contributed by atoms with Crippen molar-refractivity contribution in [3.8, 4) is 101 Å². The fraction of sp³-hybridized carbons (Fsp3) is 0. The average molecular weight is 801 g/mol. The first-order valence-electron chi connectivity index (χ1n) is 21.6. The lowest BCUT2D eigenvalue weighted by atomic mass is 9.89. The van der Waals surface area contributed by atoms with E-state index in [1.807, 2.05) is 0 Å². The third-order valence-electron chi connectivity index (χ3n) is 12.6. The normalized spacial score (nSPS) is 11.6. The molecule has 0 saturated carbocycles. The zero-order valence-corrected chi connectivity index (χ0v) is 34.5. The summed E-state index contributed by atoms with van der Waals surface area (Å²) in [6.45, 7) is 0. The summed E-state index contributed by atoms with van der Waals surface area (Å²) in [7, 11) is 0. The number of para-hydroxylation sites is 1. The van der Waals surface area contributed by atoms with Crippen molar-refractivity contribution in [2.45, 2.75) is 0 Å². The highest BCUT2D eigenvalue weighted by atomic mass is 16.5. The van der Waals surface area contributed by atoms with Gasteiger partial charge in [0.1, 0.15) is 11.5 Å². The maximum absolute atomic E-state index is 6.93. The Morgan fingerprint density at radius 3 is 1.16 bits per heavy atom. The first-order chi connectivity index (χ1) is 31.2. The van der Waals surface area contributed by atoms with E-state index in [-0.39, 0.29) is 0 Å². The van der Waals surface area contributed by atoms with Gasteiger partial charge in [-0.05, 0) is 143 Å². The van der Waals surface area contributed by atoms with Crippen LogP contribution in [0.5, 0.6) is 11.5 Å². The van der Waals surface area contributed by atoms with Gasteiger partial charge >= 0.3 is 0 Å². The molecule has 0 spiro atoms. The highest BCUT2D eigenvalue weighted by Crippen LogP contribution is 2.52. The fourth-order valence-corrected chi connectivity index (χ4v) is 9.52. The van der Waals surface area contributed by atoms with Crippen LogP contribution in [0.2, 0.25) is 0 Å². The van der Waals surface area contributed by atoms with Gasteiger partial charge in [0.2, 0.25) is 0 Å². The van der Waals surface area contributed by atoms with Gasteiger partial charge in [-0.1, -0.05) is 194 Å². The van der Waals surface area contributed by atoms with Gasteiger partial charge in [0, 0.05) is 16.5 Å². The molecule has 1 aliphatic heterocycles. The highest BCUT2D eigenvalue weighted by molar-refractivity contribution is 6.17. The number of fused-ring (bicyclic) bond motifs is 4. The van der Waals surface area contributed by atoms with E-state index in [1.54, 1.807) is 0 Å². The van der Waals surface area contributed by atoms with E-state index in [2.05, 4.69) is 243 Å². The number of hydrogen-bond acceptors (Lipinski definition) is 1. The zero-order chi connectivity index (χ0) is 41.7. The number of hydrogen-bond donors (Lipinski definition) is 0. The molecule has 0 unspecified atom stereocenters. The Balaban J connectivity index is 0.951. The van der Waals surface area contributed by atoms with Gasteiger partial charge in [-0.3, -0.25) is 0 Å². The molecule has 0 radical (unpaired) electrons. The molecule has 0 aromatic heterocycles. The van der Waals surface area contributed by atoms with Gasteiger partial charge in [0.25, 0.3) is 0 Å². The summed E-state index contributed by atoms with van der Waals surface area (Å²) in [5, 5.41) is 4.82. The van der Waals surface area contributed by atoms with Crippen LogP contribution in [-0.2, 0) is 0 Å². The molecule has 11 aromatic rings. The third kappa shape index (κ3) is 6.68. The molecular formula is C62H40O. The molecule has 0 aliphatic carbocycles. The second kappa shape index (κ2) is 15.3. The SMILES string of the molecule is c1ccc(-c2cccc(-c3cc(-c4cccc(-c5ccccc5)c4)cc(-c4cccc(-c5cccc(-c6cccc7c6Oc6cc8ccccc8c8cccc-7c68)c5)c4)c3)c2)cc1. The quantitative estimate of drug-likeness (QED) is 0.146. The standard InChI is InChI=1S/C62H40O/c1-3-15-41(16-4-1)43-20-9-24-47(33-43)52-37-53(48-25-10-21-44(34-48)42-17-5-2-6-18-42)39-54(38-52)49-26-11-22-45(35-49)46-23-12-27-50(36-46)56-29-13-32-59-58-31-14-30-57-55-28-8-7-19-51(55)40-60(61(57)58)63-62(56)59/h1-40H. The lowest BCUT2D eigenvalue weighted by molar-refractivity contribution is 0.489. The maximum atomic E-state index is 6.93. The first kappa shape index (κ1) is 36.6. The molecule has 63 heavy (non-hydrogen) atoms. The largest absolute Gasteiger partial charge is 0.455 e. The molecule has 0 atom stereocenters. The number of rotatable bonds is 7. The lowest BCUT2D eigenvalue weighted by Gasteiger charge is -2.24. The second-order valence-electron chi connectivity index (χ2n) is 16.5. The third-order valence-corrected chi connectivity index (χ3v) is 12.6. The average Bonchev–Trinajstić information content (AvgIpc) is 3.37. The first-order valence-corrected chi connectivity index (χ1v) is 21.6. The van der Waals surface area contributed by atoms with E-state index in [1.165, 1.54) is 77.2 Å². The van der Waals surface area contributed by atoms with Gasteiger partial charge in [0.15, 0.2) is 0 Å². The Hall–Kier alpha value is -8.26. The summed E-state index contributed by atoms with van der Waals surface area (Å²) >= 11 is 0. The number of benzene rings is 11. The Morgan fingerprint density at radius 2 is 0.587 bits per heavy atom. The van der Waals surface area contributed by atoms with Crippen LogP contribution >= 0.6 is 0 Å². The molecule has 11 aromatic carbocycles. The predicted molar refractivity (Wildman–Crippen MR) is 265 cm³/mol. The van der Waals surface area contributed by atoms with Gasteiger partial charge < -0.3 is 4.74 Å². The van der Waals surface area contributed by atoms with E-state index >= 15 is 0 Å². The zero-order valence-electron chi connectivity index (χ0n) is 34.5. The monoisotopic (exact) mass is 800 g/mol. The van der Waals surface area contributed by atoms with Crippen LogP contribution < -0.4 is 4.74 Å². The van der Waals surface area contributed by atoms with Crippen LogP contribution in [0.25, 0.3) is 111 Å². The summed E-state index contributed by atoms with van der Waals surface area (Å²) in [5.74, 6) is 1.80. The van der Waals surface area contributed by atoms with Crippen LogP contribution in [0.15, 0.2) is 243 Å². The second-order valence-corrected chi connectivity index (χ2v) is 16.5. The topological polar surface area (TPSA) is 9.23 Å². The van der Waals surface area contributed by atoms with E-state index < -0.39 is 0 Å². The van der Waals surface area contributed by atoms with Crippen molar-refractivity contribution in [2.24, 2.45) is 0 Å². The minimum atomic E-state index is 0.899. The van der Waals surface area contributed by atoms with E-state index in [4.69, 9.17) is 4.74 Å². The smallest absolute Gasteiger partial charge is 0.143 e. The van der Waals surface area contributed by atoms with Crippen LogP contribution in [-0.4, -0.2) is 0 Å². The van der Waals surface area contributed by atoms with Crippen LogP contribution in [0.4, 0.5) is 0 Å². The molecule has 0 N–H and O–H groups in total. The van der Waals surface area contributed by atoms with Gasteiger partial charge in [-0.15, -0.1) is 0 Å². The maximum Gasteiger partial charge on any atom is 0.143 e. The minimum absolute atomic E-state index is 0.899. The summed E-state index contributed by atoms with van der Waals surface area (Å²) in [6, 6.07) is 87.9. The van der Waals surface area contributed by atoms with Crippen molar-refractivity contribution in [1.82, 2.24) is 0 Å². The molecule has 294 valence electrons. The summed E-state index contributed by atoms with van der Waals surface area (Å²) in [4.78, 5) is 0. The van der Waals surface area contributed by atoms with Crippen molar-refractivity contribution in [2.75, 3.05) is 0 Å². The van der Waals surface area contributed by atoms with Gasteiger partial charge in [-0.25, -0.2) is 0 Å². The summed E-state index contributed by atoms with van der Waals surface area (Å²) in [6.07, 6.45) is 0. The van der Waals surface area contributed by atoms with Crippen LogP contribution in [0.1, 0.15) is 0 Å². The van der Waals surface area contributed by atoms with E-state index in [0.717, 1.165) is 44.9 Å². The number of ether oxygens (including phenoxy) is 1. The van der Waals surface area contributed by atoms with Crippen molar-refractivity contribution in [1.29, 1.82) is 0 Å². The van der Waals surface area contributed by atoms with E-state index in [0.29, 0.717) is 0 Å². The highest BCUT2D eigenvalue weighted by Gasteiger charge is 2.24. The Morgan fingerprint density at radius 1 is 0.222 bits per heavy atom. The van der Waals surface area contributed by atoms with Crippen molar-refractivity contribution in [3.63, 3.8) is 0 Å². The van der Waals surface area contributed by atoms with E-state index in [9.17, 15) is 0 Å². The van der Waals surface area contributed by atoms with Crippen molar-refractivity contribution in [3.05, 3.63) is 243 Å². The molecule has 0 saturated heterocycles. The van der Waals surface area contributed by atoms with Crippen LogP contribution in [0.3, 0.4) is 0 Å². The Labute approximate surface area is 367 Å². The Bertz CT molecular complexity index is 3430. The van der Waals surface area contributed by atoms with Crippen molar-refractivity contribution < 1.29 is 4.74 Å². The molecule has 12 rings (SSSR count). The van der Waals surface area contributed by atoms with Crippen LogP contribution in [0, 0.1) is 0 Å². The van der Waals surface area contributed by atoms with Gasteiger partial charge in [-0.2, -0.15) is 0 Å². The van der Waals surface area contributed by atoms with Gasteiger partial charge in [0.05, 0.1) is 0 Å². The summed E-state index contributed by atoms with van der Waals surface area (Å²) in [5.41, 5.74) is 18.7. The minimum Gasteiger partial charge on any atom is -0.455 e. The summed E-state index contributed by atoms with van der Waals surface area (Å²) < 4.78 is 6.93. The molecular weight excluding hydrogens is 761 g/mol. The Kier molecular flexibility index (Phi) is 8.90.